The fourth-order valence-corrected chi connectivity index (χ4v) is 2.94. The third-order valence-corrected chi connectivity index (χ3v) is 4.77. The van der Waals surface area contributed by atoms with Crippen molar-refractivity contribution in [2.75, 3.05) is 5.32 Å². The number of para-hydroxylation sites is 1. The summed E-state index contributed by atoms with van der Waals surface area (Å²) in [7, 11) is 0. The van der Waals surface area contributed by atoms with Crippen molar-refractivity contribution in [3.05, 3.63) is 64.2 Å². The molecule has 2 aromatic rings. The third-order valence-electron chi connectivity index (χ3n) is 4.77. The van der Waals surface area contributed by atoms with Crippen molar-refractivity contribution in [2.45, 2.75) is 60.0 Å². The highest BCUT2D eigenvalue weighted by atomic mass is 16.5. The number of rotatable bonds is 6. The van der Waals surface area contributed by atoms with Gasteiger partial charge in [0.2, 0.25) is 0 Å². The van der Waals surface area contributed by atoms with Crippen LogP contribution >= 0.6 is 0 Å². The van der Waals surface area contributed by atoms with Gasteiger partial charge in [0.1, 0.15) is 0 Å². The van der Waals surface area contributed by atoms with Crippen molar-refractivity contribution in [2.24, 2.45) is 0 Å². The number of carbonyl (C=O) groups excluding carboxylic acids is 2. The molecule has 144 valence electrons. The second-order valence-electron chi connectivity index (χ2n) is 7.41. The Bertz CT molecular complexity index is 840. The van der Waals surface area contributed by atoms with E-state index in [1.807, 2.05) is 57.2 Å². The average Bonchev–Trinajstić information content (AvgIpc) is 2.59. The van der Waals surface area contributed by atoms with Gasteiger partial charge in [-0.15, -0.1) is 0 Å². The smallest absolute Gasteiger partial charge is 0.311 e. The first-order chi connectivity index (χ1) is 12.7. The molecule has 0 aliphatic rings. The molecule has 0 unspecified atom stereocenters. The number of anilines is 1. The normalized spacial score (nSPS) is 12.0. The summed E-state index contributed by atoms with van der Waals surface area (Å²) in [4.78, 5) is 24.8. The number of hydrogen-bond donors (Lipinski definition) is 1. The van der Waals surface area contributed by atoms with Crippen LogP contribution in [-0.2, 0) is 20.7 Å². The Morgan fingerprint density at radius 2 is 1.67 bits per heavy atom. The van der Waals surface area contributed by atoms with Crippen molar-refractivity contribution < 1.29 is 14.3 Å². The minimum atomic E-state index is -0.858. The van der Waals surface area contributed by atoms with E-state index >= 15 is 0 Å². The zero-order valence-electron chi connectivity index (χ0n) is 17.1. The molecule has 0 aromatic heterocycles. The summed E-state index contributed by atoms with van der Waals surface area (Å²) in [5.41, 5.74) is 6.05. The molecule has 0 bridgehead atoms. The topological polar surface area (TPSA) is 55.4 Å². The van der Waals surface area contributed by atoms with Gasteiger partial charge >= 0.3 is 5.97 Å². The molecule has 0 fully saturated rings. The first-order valence-corrected chi connectivity index (χ1v) is 9.35. The van der Waals surface area contributed by atoms with E-state index in [1.165, 1.54) is 5.56 Å². The van der Waals surface area contributed by atoms with Crippen LogP contribution in [0.4, 0.5) is 5.69 Å². The molecule has 2 rings (SSSR count). The highest BCUT2D eigenvalue weighted by molar-refractivity contribution is 5.96. The average molecular weight is 367 g/mol. The fraction of sp³-hybridized carbons (Fsp3) is 0.391. The van der Waals surface area contributed by atoms with E-state index in [0.717, 1.165) is 27.9 Å². The number of hydrogen-bond acceptors (Lipinski definition) is 3. The molecule has 0 aliphatic carbocycles. The molecular weight excluding hydrogens is 338 g/mol. The highest BCUT2D eigenvalue weighted by Gasteiger charge is 2.20. The second-order valence-corrected chi connectivity index (χ2v) is 7.41. The molecule has 27 heavy (non-hydrogen) atoms. The van der Waals surface area contributed by atoms with E-state index in [0.29, 0.717) is 0 Å². The molecule has 4 heteroatoms. The van der Waals surface area contributed by atoms with Crippen LogP contribution < -0.4 is 5.32 Å². The summed E-state index contributed by atoms with van der Waals surface area (Å²) in [6.45, 7) is 11.8. The van der Waals surface area contributed by atoms with Crippen molar-refractivity contribution in [3.8, 4) is 0 Å². The van der Waals surface area contributed by atoms with Crippen molar-refractivity contribution in [1.82, 2.24) is 0 Å². The molecule has 0 spiro atoms. The largest absolute Gasteiger partial charge is 0.452 e. The number of nitrogens with one attached hydrogen (secondary N) is 1. The number of amides is 1. The van der Waals surface area contributed by atoms with Gasteiger partial charge in [0, 0.05) is 5.69 Å². The molecule has 0 aliphatic heterocycles. The zero-order chi connectivity index (χ0) is 20.1. The van der Waals surface area contributed by atoms with Gasteiger partial charge in [-0.1, -0.05) is 50.2 Å². The Labute approximate surface area is 161 Å². The summed E-state index contributed by atoms with van der Waals surface area (Å²) < 4.78 is 5.35. The van der Waals surface area contributed by atoms with Gasteiger partial charge < -0.3 is 10.1 Å². The van der Waals surface area contributed by atoms with Gasteiger partial charge in [-0.05, 0) is 61.4 Å². The Hall–Kier alpha value is -2.62. The fourth-order valence-electron chi connectivity index (χ4n) is 2.94. The predicted molar refractivity (Wildman–Crippen MR) is 109 cm³/mol. The van der Waals surface area contributed by atoms with Crippen LogP contribution in [0.3, 0.4) is 0 Å². The van der Waals surface area contributed by atoms with Crippen molar-refractivity contribution in [1.29, 1.82) is 0 Å². The lowest BCUT2D eigenvalue weighted by Gasteiger charge is -2.19. The molecular formula is C23H29NO3. The SMILES string of the molecule is Cc1ccc(CC(=O)O[C@H](C)C(=O)Nc2c(C)cccc2C(C)C)cc1C. The molecule has 2 aromatic carbocycles. The van der Waals surface area contributed by atoms with Crippen LogP contribution in [0.25, 0.3) is 0 Å². The lowest BCUT2D eigenvalue weighted by atomic mass is 9.98. The summed E-state index contributed by atoms with van der Waals surface area (Å²) in [5, 5.41) is 2.93. The van der Waals surface area contributed by atoms with E-state index in [1.54, 1.807) is 6.92 Å². The van der Waals surface area contributed by atoms with Crippen molar-refractivity contribution >= 4 is 17.6 Å². The maximum atomic E-state index is 12.5. The van der Waals surface area contributed by atoms with Crippen LogP contribution in [0.5, 0.6) is 0 Å². The molecule has 0 radical (unpaired) electrons. The number of ether oxygens (including phenoxy) is 1. The minimum absolute atomic E-state index is 0.153. The summed E-state index contributed by atoms with van der Waals surface area (Å²) in [6.07, 6.45) is -0.705. The minimum Gasteiger partial charge on any atom is -0.452 e. The quantitative estimate of drug-likeness (QED) is 0.743. The van der Waals surface area contributed by atoms with Gasteiger partial charge in [-0.25, -0.2) is 0 Å². The van der Waals surface area contributed by atoms with Gasteiger partial charge in [0.15, 0.2) is 6.10 Å². The van der Waals surface area contributed by atoms with E-state index in [2.05, 4.69) is 19.2 Å². The monoisotopic (exact) mass is 367 g/mol. The molecule has 1 amide bonds. The Morgan fingerprint density at radius 1 is 0.963 bits per heavy atom. The van der Waals surface area contributed by atoms with E-state index in [-0.39, 0.29) is 18.2 Å². The number of benzene rings is 2. The van der Waals surface area contributed by atoms with Gasteiger partial charge in [0.05, 0.1) is 6.42 Å². The molecule has 0 saturated heterocycles. The highest BCUT2D eigenvalue weighted by Crippen LogP contribution is 2.27. The summed E-state index contributed by atoms with van der Waals surface area (Å²) in [6, 6.07) is 11.8. The Kier molecular flexibility index (Phi) is 6.78. The Balaban J connectivity index is 2.01. The molecule has 4 nitrogen and oxygen atoms in total. The van der Waals surface area contributed by atoms with E-state index in [4.69, 9.17) is 4.74 Å². The molecule has 0 heterocycles. The Morgan fingerprint density at radius 3 is 2.30 bits per heavy atom. The van der Waals surface area contributed by atoms with Crippen LogP contribution in [-0.4, -0.2) is 18.0 Å². The third kappa shape index (κ3) is 5.43. The van der Waals surface area contributed by atoms with Crippen LogP contribution in [0.15, 0.2) is 36.4 Å². The van der Waals surface area contributed by atoms with Gasteiger partial charge in [-0.2, -0.15) is 0 Å². The van der Waals surface area contributed by atoms with Crippen molar-refractivity contribution in [3.63, 3.8) is 0 Å². The van der Waals surface area contributed by atoms with Crippen LogP contribution in [0.1, 0.15) is 54.5 Å². The summed E-state index contributed by atoms with van der Waals surface area (Å²) >= 11 is 0. The summed E-state index contributed by atoms with van der Waals surface area (Å²) in [5.74, 6) is -0.447. The predicted octanol–water partition coefficient (Wildman–Crippen LogP) is 4.85. The number of carbonyl (C=O) groups is 2. The van der Waals surface area contributed by atoms with Gasteiger partial charge in [-0.3, -0.25) is 9.59 Å². The van der Waals surface area contributed by atoms with Crippen LogP contribution in [0, 0.1) is 20.8 Å². The molecule has 1 N–H and O–H groups in total. The standard InChI is InChI=1S/C23H29NO3/c1-14(2)20-9-7-8-16(4)22(20)24-23(26)18(6)27-21(25)13-19-11-10-15(3)17(5)12-19/h7-12,14,18H,13H2,1-6H3,(H,24,26)/t18-/m1/s1. The molecule has 1 atom stereocenters. The van der Waals surface area contributed by atoms with Crippen LogP contribution in [0.2, 0.25) is 0 Å². The second kappa shape index (κ2) is 8.85. The number of aryl methyl sites for hydroxylation is 3. The number of esters is 1. The van der Waals surface area contributed by atoms with E-state index in [9.17, 15) is 9.59 Å². The first kappa shape index (κ1) is 20.7. The van der Waals surface area contributed by atoms with E-state index < -0.39 is 12.1 Å². The zero-order valence-corrected chi connectivity index (χ0v) is 17.1. The molecule has 0 saturated carbocycles. The lowest BCUT2D eigenvalue weighted by Crippen LogP contribution is -2.31. The maximum Gasteiger partial charge on any atom is 0.311 e. The lowest BCUT2D eigenvalue weighted by molar-refractivity contribution is -0.152. The first-order valence-electron chi connectivity index (χ1n) is 9.35. The van der Waals surface area contributed by atoms with Gasteiger partial charge in [0.25, 0.3) is 5.91 Å². The maximum absolute atomic E-state index is 12.5.